The van der Waals surface area contributed by atoms with Crippen LogP contribution in [0.2, 0.25) is 0 Å². The summed E-state index contributed by atoms with van der Waals surface area (Å²) in [4.78, 5) is 4.58. The van der Waals surface area contributed by atoms with Crippen LogP contribution >= 0.6 is 0 Å². The van der Waals surface area contributed by atoms with Crippen LogP contribution in [0.3, 0.4) is 0 Å². The first-order valence-electron chi connectivity index (χ1n) is 13.1. The van der Waals surface area contributed by atoms with Crippen molar-refractivity contribution in [3.05, 3.63) is 71.0 Å². The van der Waals surface area contributed by atoms with Crippen molar-refractivity contribution in [2.24, 2.45) is 0 Å². The molecule has 39 heavy (non-hydrogen) atoms. The van der Waals surface area contributed by atoms with Gasteiger partial charge in [-0.05, 0) is 55.9 Å². The van der Waals surface area contributed by atoms with Crippen molar-refractivity contribution >= 4 is 11.5 Å². The van der Waals surface area contributed by atoms with E-state index in [-0.39, 0.29) is 23.3 Å². The zero-order chi connectivity index (χ0) is 28.0. The lowest BCUT2D eigenvalue weighted by Gasteiger charge is -2.32. The van der Waals surface area contributed by atoms with Crippen LogP contribution in [0, 0.1) is 11.8 Å². The zero-order valence-corrected chi connectivity index (χ0v) is 22.9. The van der Waals surface area contributed by atoms with E-state index in [1.165, 1.54) is 6.07 Å². The highest BCUT2D eigenvalue weighted by Gasteiger charge is 2.34. The van der Waals surface area contributed by atoms with Crippen molar-refractivity contribution in [1.82, 2.24) is 15.0 Å². The van der Waals surface area contributed by atoms with Gasteiger partial charge in [0.25, 0.3) is 0 Å². The SMILES string of the molecule is CN1CCN(CCCOc2ccc(C#Cc3ccc(Nc4cc(C(C)(C)C)on4)cc3)cc2C(F)(F)F)CC1. The average Bonchev–Trinajstić information content (AvgIpc) is 3.36. The highest BCUT2D eigenvalue weighted by atomic mass is 19.4. The number of ether oxygens (including phenoxy) is 1. The summed E-state index contributed by atoms with van der Waals surface area (Å²) in [7, 11) is 2.09. The molecule has 0 bridgehead atoms. The number of hydrogen-bond acceptors (Lipinski definition) is 6. The predicted molar refractivity (Wildman–Crippen MR) is 146 cm³/mol. The Hall–Kier alpha value is -3.48. The molecular formula is C30H35F3N4O2. The molecule has 1 fully saturated rings. The third kappa shape index (κ3) is 8.25. The molecule has 2 aromatic carbocycles. The molecule has 0 aliphatic carbocycles. The summed E-state index contributed by atoms with van der Waals surface area (Å²) in [6, 6.07) is 13.1. The van der Waals surface area contributed by atoms with Crippen molar-refractivity contribution in [3.8, 4) is 17.6 Å². The van der Waals surface area contributed by atoms with Gasteiger partial charge < -0.3 is 24.4 Å². The van der Waals surface area contributed by atoms with E-state index in [4.69, 9.17) is 9.26 Å². The van der Waals surface area contributed by atoms with Gasteiger partial charge in [0.05, 0.1) is 12.2 Å². The Morgan fingerprint density at radius 2 is 1.62 bits per heavy atom. The monoisotopic (exact) mass is 540 g/mol. The molecule has 2 heterocycles. The second kappa shape index (κ2) is 12.1. The van der Waals surface area contributed by atoms with E-state index in [1.807, 2.05) is 39.0 Å². The van der Waals surface area contributed by atoms with Crippen LogP contribution in [0.25, 0.3) is 0 Å². The van der Waals surface area contributed by atoms with Gasteiger partial charge in [0.15, 0.2) is 5.82 Å². The second-order valence-corrected chi connectivity index (χ2v) is 10.8. The minimum absolute atomic E-state index is 0.146. The van der Waals surface area contributed by atoms with E-state index in [0.29, 0.717) is 17.8 Å². The van der Waals surface area contributed by atoms with E-state index in [0.717, 1.165) is 50.2 Å². The highest BCUT2D eigenvalue weighted by Crippen LogP contribution is 2.37. The van der Waals surface area contributed by atoms with Gasteiger partial charge in [-0.25, -0.2) is 0 Å². The maximum absolute atomic E-state index is 13.8. The number of benzene rings is 2. The summed E-state index contributed by atoms with van der Waals surface area (Å²) in [5.74, 6) is 6.98. The number of nitrogens with one attached hydrogen (secondary N) is 1. The van der Waals surface area contributed by atoms with Crippen LogP contribution in [0.5, 0.6) is 5.75 Å². The standard InChI is InChI=1S/C30H35F3N4O2/c1-29(2,3)27-21-28(35-39-27)34-24-11-8-22(9-12-24)6-7-23-10-13-26(25(20-23)30(31,32)33)38-19-5-14-37-17-15-36(4)16-18-37/h8-13,20-21H,5,14-19H2,1-4H3,(H,34,35). The second-order valence-electron chi connectivity index (χ2n) is 10.8. The molecular weight excluding hydrogens is 505 g/mol. The minimum Gasteiger partial charge on any atom is -0.493 e. The van der Waals surface area contributed by atoms with E-state index >= 15 is 0 Å². The Morgan fingerprint density at radius 3 is 2.26 bits per heavy atom. The Bertz CT molecular complexity index is 1290. The Morgan fingerprint density at radius 1 is 0.949 bits per heavy atom. The number of alkyl halides is 3. The summed E-state index contributed by atoms with van der Waals surface area (Å²) in [6.45, 7) is 11.1. The summed E-state index contributed by atoms with van der Waals surface area (Å²) in [5, 5.41) is 7.21. The normalized spacial score (nSPS) is 15.1. The van der Waals surface area contributed by atoms with Gasteiger partial charge in [0.2, 0.25) is 0 Å². The van der Waals surface area contributed by atoms with Crippen LogP contribution < -0.4 is 10.1 Å². The lowest BCUT2D eigenvalue weighted by atomic mass is 9.93. The maximum atomic E-state index is 13.8. The van der Waals surface area contributed by atoms with Gasteiger partial charge in [-0.15, -0.1) is 0 Å². The Kier molecular flexibility index (Phi) is 8.88. The van der Waals surface area contributed by atoms with Crippen molar-refractivity contribution in [2.75, 3.05) is 51.7 Å². The van der Waals surface area contributed by atoms with E-state index in [2.05, 4.69) is 39.2 Å². The largest absolute Gasteiger partial charge is 0.493 e. The summed E-state index contributed by atoms with van der Waals surface area (Å²) >= 11 is 0. The lowest BCUT2D eigenvalue weighted by molar-refractivity contribution is -0.139. The lowest BCUT2D eigenvalue weighted by Crippen LogP contribution is -2.44. The smallest absolute Gasteiger partial charge is 0.420 e. The number of aromatic nitrogens is 1. The van der Waals surface area contributed by atoms with Crippen LogP contribution in [-0.2, 0) is 11.6 Å². The first kappa shape index (κ1) is 28.5. The van der Waals surface area contributed by atoms with Gasteiger partial charge in [0, 0.05) is 61.0 Å². The number of halogens is 3. The molecule has 0 atom stereocenters. The molecule has 0 unspecified atom stereocenters. The van der Waals surface area contributed by atoms with Crippen LogP contribution in [0.15, 0.2) is 53.1 Å². The number of anilines is 2. The minimum atomic E-state index is -4.54. The van der Waals surface area contributed by atoms with Crippen molar-refractivity contribution in [1.29, 1.82) is 0 Å². The van der Waals surface area contributed by atoms with Gasteiger partial charge >= 0.3 is 6.18 Å². The van der Waals surface area contributed by atoms with Gasteiger partial charge in [-0.1, -0.05) is 37.8 Å². The van der Waals surface area contributed by atoms with Crippen LogP contribution in [0.4, 0.5) is 24.7 Å². The van der Waals surface area contributed by atoms with E-state index in [1.54, 1.807) is 18.2 Å². The number of rotatable bonds is 7. The number of piperazine rings is 1. The average molecular weight is 541 g/mol. The number of nitrogens with zero attached hydrogens (tertiary/aromatic N) is 3. The highest BCUT2D eigenvalue weighted by molar-refractivity contribution is 5.58. The van der Waals surface area contributed by atoms with Gasteiger partial charge in [-0.3, -0.25) is 0 Å². The van der Waals surface area contributed by atoms with Crippen molar-refractivity contribution in [2.45, 2.75) is 38.8 Å². The van der Waals surface area contributed by atoms with Crippen LogP contribution in [-0.4, -0.2) is 61.3 Å². The molecule has 1 N–H and O–H groups in total. The molecule has 3 aromatic rings. The molecule has 0 saturated carbocycles. The molecule has 0 spiro atoms. The van der Waals surface area contributed by atoms with Crippen molar-refractivity contribution < 1.29 is 22.4 Å². The molecule has 1 aliphatic rings. The topological polar surface area (TPSA) is 53.8 Å². The van der Waals surface area contributed by atoms with Gasteiger partial charge in [0.1, 0.15) is 11.5 Å². The summed E-state index contributed by atoms with van der Waals surface area (Å²) in [6.07, 6.45) is -3.87. The predicted octanol–water partition coefficient (Wildman–Crippen LogP) is 6.15. The third-order valence-electron chi connectivity index (χ3n) is 6.51. The van der Waals surface area contributed by atoms with E-state index in [9.17, 15) is 13.2 Å². The quantitative estimate of drug-likeness (QED) is 0.287. The molecule has 1 aromatic heterocycles. The third-order valence-corrected chi connectivity index (χ3v) is 6.51. The molecule has 1 saturated heterocycles. The van der Waals surface area contributed by atoms with Gasteiger partial charge in [-0.2, -0.15) is 13.2 Å². The fourth-order valence-corrected chi connectivity index (χ4v) is 4.11. The Balaban J connectivity index is 1.36. The Labute approximate surface area is 228 Å². The molecule has 0 radical (unpaired) electrons. The molecule has 1 aliphatic heterocycles. The summed E-state index contributed by atoms with van der Waals surface area (Å²) < 4.78 is 52.2. The first-order chi connectivity index (χ1) is 18.5. The zero-order valence-electron chi connectivity index (χ0n) is 22.9. The maximum Gasteiger partial charge on any atom is 0.420 e. The van der Waals surface area contributed by atoms with Crippen LogP contribution in [0.1, 0.15) is 49.6 Å². The molecule has 6 nitrogen and oxygen atoms in total. The molecule has 4 rings (SSSR count). The number of likely N-dealkylation sites (N-methyl/N-ethyl adjacent to an activating group) is 1. The molecule has 0 amide bonds. The summed E-state index contributed by atoms with van der Waals surface area (Å²) in [5.41, 5.74) is 0.784. The number of hydrogen-bond donors (Lipinski definition) is 1. The van der Waals surface area contributed by atoms with Crippen molar-refractivity contribution in [3.63, 3.8) is 0 Å². The van der Waals surface area contributed by atoms with E-state index < -0.39 is 11.7 Å². The molecule has 9 heteroatoms. The first-order valence-corrected chi connectivity index (χ1v) is 13.1. The molecule has 208 valence electrons. The fourth-order valence-electron chi connectivity index (χ4n) is 4.11. The fraction of sp³-hybridized carbons (Fsp3) is 0.433.